The maximum absolute atomic E-state index is 12.1. The highest BCUT2D eigenvalue weighted by molar-refractivity contribution is 7.93. The molecule has 2 aromatic carbocycles. The number of methoxy groups -OCH3 is 1. The predicted molar refractivity (Wildman–Crippen MR) is 110 cm³/mol. The molecule has 0 amide bonds. The van der Waals surface area contributed by atoms with E-state index in [2.05, 4.69) is 15.4 Å². The second kappa shape index (κ2) is 6.88. The van der Waals surface area contributed by atoms with Crippen molar-refractivity contribution in [2.45, 2.75) is 31.6 Å². The highest BCUT2D eigenvalue weighted by atomic mass is 32.2. The Morgan fingerprint density at radius 1 is 1.21 bits per heavy atom. The van der Waals surface area contributed by atoms with Gasteiger partial charge in [0, 0.05) is 17.6 Å². The van der Waals surface area contributed by atoms with Gasteiger partial charge in [-0.05, 0) is 55.7 Å². The van der Waals surface area contributed by atoms with E-state index in [-0.39, 0.29) is 5.25 Å². The fourth-order valence-corrected chi connectivity index (χ4v) is 4.91. The SMILES string of the molecule is CCn1c(-c2ccc(NS(=O)(=O)C3CC3)cc2)c(C#N)c2cc(OC)ccc21. The highest BCUT2D eigenvalue weighted by Gasteiger charge is 2.35. The number of rotatable bonds is 6. The van der Waals surface area contributed by atoms with Gasteiger partial charge in [0.15, 0.2) is 0 Å². The maximum Gasteiger partial charge on any atom is 0.235 e. The van der Waals surface area contributed by atoms with Crippen LogP contribution in [0.2, 0.25) is 0 Å². The molecule has 28 heavy (non-hydrogen) atoms. The van der Waals surface area contributed by atoms with Gasteiger partial charge in [-0.15, -0.1) is 0 Å². The lowest BCUT2D eigenvalue weighted by atomic mass is 10.1. The Morgan fingerprint density at radius 2 is 1.93 bits per heavy atom. The van der Waals surface area contributed by atoms with E-state index in [1.807, 2.05) is 37.3 Å². The number of benzene rings is 2. The number of sulfonamides is 1. The number of anilines is 1. The molecule has 0 atom stereocenters. The molecule has 4 rings (SSSR count). The third-order valence-corrected chi connectivity index (χ3v) is 6.95. The molecule has 0 radical (unpaired) electrons. The van der Waals surface area contributed by atoms with Crippen LogP contribution < -0.4 is 9.46 Å². The van der Waals surface area contributed by atoms with Gasteiger partial charge < -0.3 is 9.30 Å². The fraction of sp³-hybridized carbons (Fsp3) is 0.286. The van der Waals surface area contributed by atoms with Crippen LogP contribution in [-0.2, 0) is 16.6 Å². The van der Waals surface area contributed by atoms with Gasteiger partial charge in [-0.2, -0.15) is 5.26 Å². The molecule has 0 bridgehead atoms. The average Bonchev–Trinajstić information content (AvgIpc) is 3.51. The Morgan fingerprint density at radius 3 is 2.50 bits per heavy atom. The molecule has 1 N–H and O–H groups in total. The van der Waals surface area contributed by atoms with Gasteiger partial charge >= 0.3 is 0 Å². The normalized spacial score (nSPS) is 14.0. The van der Waals surface area contributed by atoms with Crippen LogP contribution >= 0.6 is 0 Å². The summed E-state index contributed by atoms with van der Waals surface area (Å²) in [7, 11) is -1.69. The molecule has 3 aromatic rings. The third kappa shape index (κ3) is 3.10. The second-order valence-electron chi connectivity index (χ2n) is 6.89. The highest BCUT2D eigenvalue weighted by Crippen LogP contribution is 2.36. The molecular formula is C21H21N3O3S. The summed E-state index contributed by atoms with van der Waals surface area (Å²) in [5.41, 5.74) is 3.78. The first-order valence-electron chi connectivity index (χ1n) is 9.21. The molecule has 1 saturated carbocycles. The van der Waals surface area contributed by atoms with Crippen molar-refractivity contribution >= 4 is 26.6 Å². The molecule has 1 aliphatic carbocycles. The summed E-state index contributed by atoms with van der Waals surface area (Å²) >= 11 is 0. The number of nitriles is 1. The van der Waals surface area contributed by atoms with Gasteiger partial charge in [-0.1, -0.05) is 12.1 Å². The van der Waals surface area contributed by atoms with E-state index in [9.17, 15) is 13.7 Å². The van der Waals surface area contributed by atoms with Crippen LogP contribution in [0, 0.1) is 11.3 Å². The van der Waals surface area contributed by atoms with E-state index in [0.29, 0.717) is 23.5 Å². The van der Waals surface area contributed by atoms with Crippen molar-refractivity contribution in [3.63, 3.8) is 0 Å². The van der Waals surface area contributed by atoms with Gasteiger partial charge in [-0.3, -0.25) is 4.72 Å². The van der Waals surface area contributed by atoms with Crippen molar-refractivity contribution in [1.82, 2.24) is 4.57 Å². The molecule has 1 heterocycles. The lowest BCUT2D eigenvalue weighted by Crippen LogP contribution is -2.17. The van der Waals surface area contributed by atoms with Crippen LogP contribution in [0.4, 0.5) is 5.69 Å². The second-order valence-corrected chi connectivity index (χ2v) is 8.85. The molecule has 0 saturated heterocycles. The largest absolute Gasteiger partial charge is 0.497 e. The lowest BCUT2D eigenvalue weighted by molar-refractivity contribution is 0.415. The lowest BCUT2D eigenvalue weighted by Gasteiger charge is -2.11. The van der Waals surface area contributed by atoms with Crippen LogP contribution in [-0.4, -0.2) is 25.3 Å². The number of nitrogens with zero attached hydrogens (tertiary/aromatic N) is 2. The molecule has 0 spiro atoms. The molecule has 0 unspecified atom stereocenters. The fourth-order valence-electron chi connectivity index (χ4n) is 3.52. The van der Waals surface area contributed by atoms with E-state index in [4.69, 9.17) is 4.74 Å². The van der Waals surface area contributed by atoms with Gasteiger partial charge in [0.25, 0.3) is 0 Å². The van der Waals surface area contributed by atoms with Crippen molar-refractivity contribution in [2.24, 2.45) is 0 Å². The number of aryl methyl sites for hydroxylation is 1. The van der Waals surface area contributed by atoms with E-state index >= 15 is 0 Å². The van der Waals surface area contributed by atoms with Crippen molar-refractivity contribution in [2.75, 3.05) is 11.8 Å². The third-order valence-electron chi connectivity index (χ3n) is 5.08. The monoisotopic (exact) mass is 395 g/mol. The minimum Gasteiger partial charge on any atom is -0.497 e. The number of aromatic nitrogens is 1. The first kappa shape index (κ1) is 18.4. The molecule has 144 valence electrons. The maximum atomic E-state index is 12.1. The topological polar surface area (TPSA) is 84.1 Å². The molecular weight excluding hydrogens is 374 g/mol. The van der Waals surface area contributed by atoms with Crippen LogP contribution in [0.1, 0.15) is 25.3 Å². The van der Waals surface area contributed by atoms with Crippen molar-refractivity contribution < 1.29 is 13.2 Å². The van der Waals surface area contributed by atoms with Crippen LogP contribution in [0.5, 0.6) is 5.75 Å². The molecule has 1 fully saturated rings. The van der Waals surface area contributed by atoms with Crippen LogP contribution in [0.3, 0.4) is 0 Å². The summed E-state index contributed by atoms with van der Waals surface area (Å²) in [4.78, 5) is 0. The first-order valence-corrected chi connectivity index (χ1v) is 10.8. The first-order chi connectivity index (χ1) is 13.5. The molecule has 1 aromatic heterocycles. The zero-order valence-electron chi connectivity index (χ0n) is 15.8. The Hall–Kier alpha value is -2.98. The smallest absolute Gasteiger partial charge is 0.235 e. The van der Waals surface area contributed by atoms with E-state index in [1.54, 1.807) is 19.2 Å². The number of hydrogen-bond donors (Lipinski definition) is 1. The molecule has 0 aliphatic heterocycles. The van der Waals surface area contributed by atoms with Crippen molar-refractivity contribution in [1.29, 1.82) is 5.26 Å². The number of hydrogen-bond acceptors (Lipinski definition) is 4. The minimum atomic E-state index is -3.29. The molecule has 1 aliphatic rings. The predicted octanol–water partition coefficient (Wildman–Crippen LogP) is 4.11. The number of nitrogens with one attached hydrogen (secondary N) is 1. The summed E-state index contributed by atoms with van der Waals surface area (Å²) in [5.74, 6) is 0.702. The van der Waals surface area contributed by atoms with E-state index in [0.717, 1.165) is 35.0 Å². The van der Waals surface area contributed by atoms with Gasteiger partial charge in [-0.25, -0.2) is 8.42 Å². The number of fused-ring (bicyclic) bond motifs is 1. The zero-order valence-corrected chi connectivity index (χ0v) is 16.6. The Balaban J connectivity index is 1.79. The molecule has 6 nitrogen and oxygen atoms in total. The standard InChI is InChI=1S/C21H21N3O3S/c1-3-24-20-11-8-16(27-2)12-18(20)19(13-22)21(24)14-4-6-15(7-5-14)23-28(25,26)17-9-10-17/h4-8,11-12,17,23H,3,9-10H2,1-2H3. The summed E-state index contributed by atoms with van der Waals surface area (Å²) < 4.78 is 34.3. The van der Waals surface area contributed by atoms with Crippen molar-refractivity contribution in [3.8, 4) is 23.1 Å². The summed E-state index contributed by atoms with van der Waals surface area (Å²) in [6, 6.07) is 15.2. The average molecular weight is 395 g/mol. The summed E-state index contributed by atoms with van der Waals surface area (Å²) in [6.45, 7) is 2.74. The number of ether oxygens (including phenoxy) is 1. The Kier molecular flexibility index (Phi) is 4.52. The summed E-state index contributed by atoms with van der Waals surface area (Å²) in [5, 5.41) is 10.4. The summed E-state index contributed by atoms with van der Waals surface area (Å²) in [6.07, 6.45) is 1.44. The van der Waals surface area contributed by atoms with E-state index in [1.165, 1.54) is 0 Å². The Bertz CT molecular complexity index is 1180. The van der Waals surface area contributed by atoms with Gasteiger partial charge in [0.1, 0.15) is 11.8 Å². The van der Waals surface area contributed by atoms with Crippen molar-refractivity contribution in [3.05, 3.63) is 48.0 Å². The van der Waals surface area contributed by atoms with Gasteiger partial charge in [0.2, 0.25) is 10.0 Å². The van der Waals surface area contributed by atoms with Gasteiger partial charge in [0.05, 0.1) is 29.1 Å². The Labute approximate surface area is 164 Å². The van der Waals surface area contributed by atoms with Crippen LogP contribution in [0.15, 0.2) is 42.5 Å². The van der Waals surface area contributed by atoms with Crippen LogP contribution in [0.25, 0.3) is 22.2 Å². The molecule has 7 heteroatoms. The quantitative estimate of drug-likeness (QED) is 0.681. The van der Waals surface area contributed by atoms with E-state index < -0.39 is 10.0 Å². The zero-order chi connectivity index (χ0) is 19.9. The minimum absolute atomic E-state index is 0.269.